The van der Waals surface area contributed by atoms with E-state index in [9.17, 15) is 4.79 Å². The van der Waals surface area contributed by atoms with Crippen molar-refractivity contribution in [3.8, 4) is 0 Å². The number of carbonyl (C=O) groups is 1. The van der Waals surface area contributed by atoms with Crippen LogP contribution in [0.5, 0.6) is 0 Å². The average molecular weight is 238 g/mol. The van der Waals surface area contributed by atoms with Crippen molar-refractivity contribution in [1.82, 2.24) is 0 Å². The predicted molar refractivity (Wildman–Crippen MR) is 73.0 cm³/mol. The fourth-order valence-electron chi connectivity index (χ4n) is 1.72. The molecule has 0 spiro atoms. The molecule has 0 rings (SSSR count). The third-order valence-electron chi connectivity index (χ3n) is 2.75. The Morgan fingerprint density at radius 3 is 2.41 bits per heavy atom. The van der Waals surface area contributed by atoms with Crippen LogP contribution in [0.3, 0.4) is 0 Å². The molecular weight excluding hydrogens is 212 g/mol. The Morgan fingerprint density at radius 2 is 1.88 bits per heavy atom. The van der Waals surface area contributed by atoms with E-state index in [1.54, 1.807) is 0 Å². The highest BCUT2D eigenvalue weighted by Crippen LogP contribution is 2.15. The van der Waals surface area contributed by atoms with E-state index in [0.717, 1.165) is 17.9 Å². The molecule has 0 aliphatic rings. The molecule has 0 radical (unpaired) electrons. The Labute approximate surface area is 105 Å². The van der Waals surface area contributed by atoms with Crippen molar-refractivity contribution in [2.75, 3.05) is 0 Å². The number of allylic oxidation sites excluding steroid dienone is 3. The quantitative estimate of drug-likeness (QED) is 0.502. The zero-order chi connectivity index (χ0) is 13.3. The highest BCUT2D eigenvalue weighted by atomic mass is 16.4. The summed E-state index contributed by atoms with van der Waals surface area (Å²) in [5.41, 5.74) is 0.798. The highest BCUT2D eigenvalue weighted by Gasteiger charge is 2.01. The topological polar surface area (TPSA) is 37.3 Å². The van der Waals surface area contributed by atoms with Gasteiger partial charge in [0.15, 0.2) is 0 Å². The van der Waals surface area contributed by atoms with E-state index in [4.69, 9.17) is 5.11 Å². The van der Waals surface area contributed by atoms with Crippen molar-refractivity contribution in [3.63, 3.8) is 0 Å². The van der Waals surface area contributed by atoms with Crippen LogP contribution in [0.25, 0.3) is 0 Å². The Bertz CT molecular complexity index is 275. The van der Waals surface area contributed by atoms with Gasteiger partial charge in [-0.1, -0.05) is 52.2 Å². The molecule has 0 aliphatic carbocycles. The van der Waals surface area contributed by atoms with Crippen LogP contribution in [0, 0.1) is 11.8 Å². The van der Waals surface area contributed by atoms with Crippen LogP contribution < -0.4 is 0 Å². The molecule has 0 aromatic heterocycles. The van der Waals surface area contributed by atoms with E-state index in [1.165, 1.54) is 25.3 Å². The van der Waals surface area contributed by atoms with Crippen molar-refractivity contribution in [2.24, 2.45) is 11.8 Å². The summed E-state index contributed by atoms with van der Waals surface area (Å²) in [4.78, 5) is 10.4. The summed E-state index contributed by atoms with van der Waals surface area (Å²) >= 11 is 0. The molecule has 2 nitrogen and oxygen atoms in total. The van der Waals surface area contributed by atoms with Gasteiger partial charge in [-0.05, 0) is 30.8 Å². The maximum atomic E-state index is 10.4. The molecule has 0 saturated carbocycles. The number of aliphatic carboxylic acids is 1. The van der Waals surface area contributed by atoms with Crippen LogP contribution in [0.4, 0.5) is 0 Å². The largest absolute Gasteiger partial charge is 0.478 e. The minimum absolute atomic E-state index is 0.683. The second-order valence-electron chi connectivity index (χ2n) is 5.29. The van der Waals surface area contributed by atoms with Gasteiger partial charge in [-0.2, -0.15) is 0 Å². The third kappa shape index (κ3) is 11.2. The first-order valence-electron chi connectivity index (χ1n) is 6.49. The van der Waals surface area contributed by atoms with Crippen LogP contribution in [-0.4, -0.2) is 11.1 Å². The maximum absolute atomic E-state index is 10.4. The van der Waals surface area contributed by atoms with E-state index in [2.05, 4.69) is 26.8 Å². The maximum Gasteiger partial charge on any atom is 0.328 e. The van der Waals surface area contributed by atoms with E-state index >= 15 is 0 Å². The third-order valence-corrected chi connectivity index (χ3v) is 2.75. The van der Waals surface area contributed by atoms with E-state index in [0.29, 0.717) is 5.92 Å². The van der Waals surface area contributed by atoms with Gasteiger partial charge in [0, 0.05) is 6.08 Å². The molecule has 98 valence electrons. The normalized spacial score (nSPS) is 14.5. The smallest absolute Gasteiger partial charge is 0.328 e. The van der Waals surface area contributed by atoms with Crippen LogP contribution in [-0.2, 0) is 4.79 Å². The van der Waals surface area contributed by atoms with Gasteiger partial charge in [0.1, 0.15) is 0 Å². The summed E-state index contributed by atoms with van der Waals surface area (Å²) < 4.78 is 0. The van der Waals surface area contributed by atoms with Crippen LogP contribution in [0.1, 0.15) is 53.4 Å². The van der Waals surface area contributed by atoms with Gasteiger partial charge in [-0.25, -0.2) is 4.79 Å². The summed E-state index contributed by atoms with van der Waals surface area (Å²) in [7, 11) is 0. The summed E-state index contributed by atoms with van der Waals surface area (Å²) in [6, 6.07) is 0. The summed E-state index contributed by atoms with van der Waals surface area (Å²) in [5.74, 6) is 0.596. The van der Waals surface area contributed by atoms with Gasteiger partial charge >= 0.3 is 5.97 Å². The first kappa shape index (κ1) is 16.0. The van der Waals surface area contributed by atoms with Crippen molar-refractivity contribution < 1.29 is 9.90 Å². The van der Waals surface area contributed by atoms with Gasteiger partial charge in [0.25, 0.3) is 0 Å². The SMILES string of the molecule is CC(=CC(=O)O)/C=C/CC(C)CCCC(C)C. The second-order valence-corrected chi connectivity index (χ2v) is 5.29. The number of carboxylic acids is 1. The standard InChI is InChI=1S/C15H26O2/c1-12(2)7-5-8-13(3)9-6-10-14(4)11-15(16)17/h6,10-13H,5,7-9H2,1-4H3,(H,16,17)/b10-6+,14-11?. The number of rotatable bonds is 8. The molecule has 17 heavy (non-hydrogen) atoms. The van der Waals surface area contributed by atoms with Crippen LogP contribution in [0.15, 0.2) is 23.8 Å². The Morgan fingerprint density at radius 1 is 1.24 bits per heavy atom. The molecule has 1 N–H and O–H groups in total. The van der Waals surface area contributed by atoms with Gasteiger partial charge < -0.3 is 5.11 Å². The van der Waals surface area contributed by atoms with Gasteiger partial charge in [0.05, 0.1) is 0 Å². The van der Waals surface area contributed by atoms with E-state index < -0.39 is 5.97 Å². The number of hydrogen-bond donors (Lipinski definition) is 1. The molecule has 0 bridgehead atoms. The molecule has 0 amide bonds. The molecule has 1 atom stereocenters. The molecule has 2 heteroatoms. The lowest BCUT2D eigenvalue weighted by atomic mass is 9.97. The number of carboxylic acid groups (broad SMARTS) is 1. The first-order valence-corrected chi connectivity index (χ1v) is 6.49. The lowest BCUT2D eigenvalue weighted by Gasteiger charge is -2.09. The molecule has 0 aromatic carbocycles. The fraction of sp³-hybridized carbons (Fsp3) is 0.667. The molecule has 0 aliphatic heterocycles. The number of hydrogen-bond acceptors (Lipinski definition) is 1. The molecular formula is C15H26O2. The average Bonchev–Trinajstić information content (AvgIpc) is 2.15. The second kappa shape index (κ2) is 9.03. The van der Waals surface area contributed by atoms with Gasteiger partial charge in [-0.15, -0.1) is 0 Å². The zero-order valence-electron chi connectivity index (χ0n) is 11.6. The Kier molecular flexibility index (Phi) is 8.47. The van der Waals surface area contributed by atoms with E-state index in [-0.39, 0.29) is 0 Å². The van der Waals surface area contributed by atoms with Gasteiger partial charge in [0.2, 0.25) is 0 Å². The first-order chi connectivity index (χ1) is 7.91. The van der Waals surface area contributed by atoms with Crippen LogP contribution >= 0.6 is 0 Å². The van der Waals surface area contributed by atoms with Crippen molar-refractivity contribution >= 4 is 5.97 Å². The minimum atomic E-state index is -0.878. The molecule has 0 saturated heterocycles. The summed E-state index contributed by atoms with van der Waals surface area (Å²) in [5, 5.41) is 8.55. The van der Waals surface area contributed by atoms with Gasteiger partial charge in [-0.3, -0.25) is 0 Å². The molecule has 0 heterocycles. The monoisotopic (exact) mass is 238 g/mol. The lowest BCUT2D eigenvalue weighted by molar-refractivity contribution is -0.131. The lowest BCUT2D eigenvalue weighted by Crippen LogP contribution is -1.95. The summed E-state index contributed by atoms with van der Waals surface area (Å²) in [6.45, 7) is 8.57. The van der Waals surface area contributed by atoms with Crippen molar-refractivity contribution in [3.05, 3.63) is 23.8 Å². The summed E-state index contributed by atoms with van der Waals surface area (Å²) in [6.07, 6.45) is 10.1. The molecule has 0 aromatic rings. The van der Waals surface area contributed by atoms with Crippen molar-refractivity contribution in [1.29, 1.82) is 0 Å². The van der Waals surface area contributed by atoms with E-state index in [1.807, 2.05) is 13.0 Å². The fourth-order valence-corrected chi connectivity index (χ4v) is 1.72. The minimum Gasteiger partial charge on any atom is -0.478 e. The zero-order valence-corrected chi connectivity index (χ0v) is 11.6. The van der Waals surface area contributed by atoms with Crippen molar-refractivity contribution in [2.45, 2.75) is 53.4 Å². The molecule has 0 fully saturated rings. The Balaban J connectivity index is 3.79. The Hall–Kier alpha value is -1.05. The predicted octanol–water partition coefficient (Wildman–Crippen LogP) is 4.43. The molecule has 1 unspecified atom stereocenters. The van der Waals surface area contributed by atoms with Crippen LogP contribution in [0.2, 0.25) is 0 Å². The highest BCUT2D eigenvalue weighted by molar-refractivity contribution is 5.81.